The Balaban J connectivity index is 1.44. The zero-order valence-corrected chi connectivity index (χ0v) is 16.1. The molecule has 6 nitrogen and oxygen atoms in total. The Morgan fingerprint density at radius 2 is 1.56 bits per heavy atom. The summed E-state index contributed by atoms with van der Waals surface area (Å²) in [6.45, 7) is 5.96. The number of carbonyl (C=O) groups is 2. The van der Waals surface area contributed by atoms with Crippen LogP contribution in [0, 0.1) is 5.92 Å². The molecule has 2 amide bonds. The van der Waals surface area contributed by atoms with Crippen LogP contribution in [0.3, 0.4) is 0 Å². The van der Waals surface area contributed by atoms with Gasteiger partial charge in [0.05, 0.1) is 5.60 Å². The average Bonchev–Trinajstić information content (AvgIpc) is 3.21. The van der Waals surface area contributed by atoms with Crippen molar-refractivity contribution in [1.82, 2.24) is 9.80 Å². The van der Waals surface area contributed by atoms with Crippen LogP contribution in [0.2, 0.25) is 0 Å². The number of nitrogens with zero attached hydrogens (tertiary/aromatic N) is 3. The molecule has 0 aliphatic carbocycles. The fraction of sp³-hybridized carbons (Fsp3) is 0.619. The summed E-state index contributed by atoms with van der Waals surface area (Å²) in [5, 5.41) is 10.9. The summed E-state index contributed by atoms with van der Waals surface area (Å²) < 4.78 is 0. The molecule has 0 bridgehead atoms. The monoisotopic (exact) mass is 371 g/mol. The van der Waals surface area contributed by atoms with Crippen LogP contribution in [0.4, 0.5) is 5.69 Å². The first kappa shape index (κ1) is 18.3. The first-order valence-electron chi connectivity index (χ1n) is 10.1. The highest BCUT2D eigenvalue weighted by Crippen LogP contribution is 2.36. The molecule has 3 aliphatic rings. The van der Waals surface area contributed by atoms with Crippen LogP contribution in [-0.4, -0.2) is 71.6 Å². The van der Waals surface area contributed by atoms with Gasteiger partial charge in [0.25, 0.3) is 5.91 Å². The number of benzene rings is 1. The smallest absolute Gasteiger partial charge is 0.253 e. The van der Waals surface area contributed by atoms with Crippen LogP contribution >= 0.6 is 0 Å². The number of likely N-dealkylation sites (tertiary alicyclic amines) is 2. The van der Waals surface area contributed by atoms with Crippen molar-refractivity contribution in [2.75, 3.05) is 44.2 Å². The second-order valence-electron chi connectivity index (χ2n) is 8.26. The van der Waals surface area contributed by atoms with Crippen molar-refractivity contribution in [3.8, 4) is 0 Å². The molecular formula is C21H29N3O3. The highest BCUT2D eigenvalue weighted by molar-refractivity contribution is 5.94. The van der Waals surface area contributed by atoms with Crippen molar-refractivity contribution in [1.29, 1.82) is 0 Å². The molecule has 0 aromatic heterocycles. The summed E-state index contributed by atoms with van der Waals surface area (Å²) >= 11 is 0. The first-order chi connectivity index (χ1) is 13.0. The van der Waals surface area contributed by atoms with Gasteiger partial charge in [-0.1, -0.05) is 0 Å². The quantitative estimate of drug-likeness (QED) is 0.860. The van der Waals surface area contributed by atoms with E-state index in [1.165, 1.54) is 18.5 Å². The van der Waals surface area contributed by atoms with Crippen molar-refractivity contribution in [3.63, 3.8) is 0 Å². The number of aliphatic hydroxyl groups is 1. The third kappa shape index (κ3) is 3.55. The van der Waals surface area contributed by atoms with Gasteiger partial charge in [-0.15, -0.1) is 0 Å². The molecule has 146 valence electrons. The molecular weight excluding hydrogens is 342 g/mol. The summed E-state index contributed by atoms with van der Waals surface area (Å²) in [7, 11) is 0. The van der Waals surface area contributed by atoms with Gasteiger partial charge in [-0.3, -0.25) is 9.59 Å². The van der Waals surface area contributed by atoms with Gasteiger partial charge in [0.2, 0.25) is 5.91 Å². The van der Waals surface area contributed by atoms with E-state index >= 15 is 0 Å². The lowest BCUT2D eigenvalue weighted by molar-refractivity contribution is -0.143. The minimum Gasteiger partial charge on any atom is -0.389 e. The van der Waals surface area contributed by atoms with Gasteiger partial charge in [0.15, 0.2) is 0 Å². The lowest BCUT2D eigenvalue weighted by Gasteiger charge is -2.50. The Kier molecular flexibility index (Phi) is 4.84. The van der Waals surface area contributed by atoms with Crippen molar-refractivity contribution >= 4 is 17.5 Å². The Morgan fingerprint density at radius 3 is 2.19 bits per heavy atom. The maximum absolute atomic E-state index is 13.0. The van der Waals surface area contributed by atoms with E-state index in [1.807, 2.05) is 29.2 Å². The van der Waals surface area contributed by atoms with Crippen LogP contribution in [0.15, 0.2) is 24.3 Å². The molecule has 4 rings (SSSR count). The van der Waals surface area contributed by atoms with Gasteiger partial charge in [-0.05, 0) is 49.9 Å². The van der Waals surface area contributed by atoms with Crippen LogP contribution < -0.4 is 4.90 Å². The summed E-state index contributed by atoms with van der Waals surface area (Å²) in [5.74, 6) is -0.0142. The topological polar surface area (TPSA) is 64.1 Å². The van der Waals surface area contributed by atoms with Crippen LogP contribution in [0.1, 0.15) is 43.0 Å². The van der Waals surface area contributed by atoms with Gasteiger partial charge in [-0.2, -0.15) is 0 Å². The third-order valence-corrected chi connectivity index (χ3v) is 6.59. The van der Waals surface area contributed by atoms with E-state index in [-0.39, 0.29) is 17.7 Å². The highest BCUT2D eigenvalue weighted by Gasteiger charge is 2.46. The summed E-state index contributed by atoms with van der Waals surface area (Å²) in [6.07, 6.45) is 3.65. The largest absolute Gasteiger partial charge is 0.389 e. The normalized spacial score (nSPS) is 28.2. The molecule has 3 heterocycles. The fourth-order valence-electron chi connectivity index (χ4n) is 4.75. The van der Waals surface area contributed by atoms with E-state index in [9.17, 15) is 14.7 Å². The van der Waals surface area contributed by atoms with E-state index < -0.39 is 5.60 Å². The number of fused-ring (bicyclic) bond motifs is 1. The minimum absolute atomic E-state index is 0.0185. The molecule has 3 aliphatic heterocycles. The van der Waals surface area contributed by atoms with Crippen molar-refractivity contribution in [2.45, 2.75) is 38.2 Å². The van der Waals surface area contributed by atoms with E-state index in [0.29, 0.717) is 44.6 Å². The molecule has 0 unspecified atom stereocenters. The summed E-state index contributed by atoms with van der Waals surface area (Å²) in [6, 6.07) is 7.91. The number of hydrogen-bond donors (Lipinski definition) is 1. The van der Waals surface area contributed by atoms with Crippen LogP contribution in [0.5, 0.6) is 0 Å². The molecule has 3 fully saturated rings. The number of anilines is 1. The predicted molar refractivity (Wildman–Crippen MR) is 104 cm³/mol. The Morgan fingerprint density at radius 1 is 0.963 bits per heavy atom. The molecule has 1 aromatic rings. The molecule has 1 aromatic carbocycles. The van der Waals surface area contributed by atoms with Crippen molar-refractivity contribution in [2.24, 2.45) is 5.92 Å². The molecule has 27 heavy (non-hydrogen) atoms. The Labute approximate surface area is 160 Å². The zero-order valence-electron chi connectivity index (χ0n) is 16.1. The molecule has 6 heteroatoms. The van der Waals surface area contributed by atoms with Gasteiger partial charge in [0.1, 0.15) is 0 Å². The average molecular weight is 371 g/mol. The lowest BCUT2D eigenvalue weighted by atomic mass is 9.75. The minimum atomic E-state index is -0.748. The van der Waals surface area contributed by atoms with Gasteiger partial charge < -0.3 is 19.8 Å². The maximum Gasteiger partial charge on any atom is 0.253 e. The summed E-state index contributed by atoms with van der Waals surface area (Å²) in [4.78, 5) is 30.7. The van der Waals surface area contributed by atoms with Crippen LogP contribution in [0.25, 0.3) is 0 Å². The number of hydrogen-bond acceptors (Lipinski definition) is 4. The highest BCUT2D eigenvalue weighted by atomic mass is 16.3. The fourth-order valence-corrected chi connectivity index (χ4v) is 4.75. The van der Waals surface area contributed by atoms with Gasteiger partial charge >= 0.3 is 0 Å². The van der Waals surface area contributed by atoms with E-state index in [0.717, 1.165) is 13.1 Å². The molecule has 3 saturated heterocycles. The van der Waals surface area contributed by atoms with Crippen LogP contribution in [-0.2, 0) is 4.79 Å². The van der Waals surface area contributed by atoms with Crippen molar-refractivity contribution < 1.29 is 14.7 Å². The van der Waals surface area contributed by atoms with E-state index in [2.05, 4.69) is 4.90 Å². The predicted octanol–water partition coefficient (Wildman–Crippen LogP) is 1.73. The number of rotatable bonds is 2. The standard InChI is InChI=1S/C21H29N3O3/c1-16(25)23-12-8-21(27)9-13-24(15-18(21)14-23)20(26)17-4-6-19(7-5-17)22-10-2-3-11-22/h4-7,18,27H,2-3,8-15H2,1H3/t18-,21-/m0/s1. The molecule has 0 radical (unpaired) electrons. The third-order valence-electron chi connectivity index (χ3n) is 6.59. The molecule has 1 N–H and O–H groups in total. The first-order valence-corrected chi connectivity index (χ1v) is 10.1. The van der Waals surface area contributed by atoms with Crippen molar-refractivity contribution in [3.05, 3.63) is 29.8 Å². The number of carbonyl (C=O) groups excluding carboxylic acids is 2. The second-order valence-corrected chi connectivity index (χ2v) is 8.26. The lowest BCUT2D eigenvalue weighted by Crippen LogP contribution is -2.61. The maximum atomic E-state index is 13.0. The Hall–Kier alpha value is -2.08. The second kappa shape index (κ2) is 7.15. The van der Waals surface area contributed by atoms with E-state index in [4.69, 9.17) is 0 Å². The molecule has 2 atom stereocenters. The van der Waals surface area contributed by atoms with E-state index in [1.54, 1.807) is 11.8 Å². The molecule has 0 saturated carbocycles. The molecule has 0 spiro atoms. The number of amides is 2. The number of piperidine rings is 2. The summed E-state index contributed by atoms with van der Waals surface area (Å²) in [5.41, 5.74) is 1.13. The van der Waals surface area contributed by atoms with Gasteiger partial charge in [0, 0.05) is 63.4 Å². The Bertz CT molecular complexity index is 714. The zero-order chi connectivity index (χ0) is 19.0. The van der Waals surface area contributed by atoms with Gasteiger partial charge in [-0.25, -0.2) is 0 Å². The SMILES string of the molecule is CC(=O)N1CC[C@]2(O)CCN(C(=O)c3ccc(N4CCCC4)cc3)C[C@@H]2C1.